The van der Waals surface area contributed by atoms with E-state index >= 15 is 0 Å². The molecule has 0 bridgehead atoms. The van der Waals surface area contributed by atoms with Gasteiger partial charge in [0.25, 0.3) is 0 Å². The van der Waals surface area contributed by atoms with Crippen LogP contribution in [0.1, 0.15) is 23.7 Å². The van der Waals surface area contributed by atoms with Gasteiger partial charge in [-0.2, -0.15) is 0 Å². The van der Waals surface area contributed by atoms with Gasteiger partial charge in [-0.05, 0) is 12.1 Å². The second kappa shape index (κ2) is 7.68. The molecule has 4 nitrogen and oxygen atoms in total. The summed E-state index contributed by atoms with van der Waals surface area (Å²) in [5, 5.41) is 14.1. The van der Waals surface area contributed by atoms with Crippen LogP contribution in [0.25, 0.3) is 0 Å². The van der Waals surface area contributed by atoms with E-state index in [0.29, 0.717) is 31.3 Å². The van der Waals surface area contributed by atoms with Gasteiger partial charge >= 0.3 is 0 Å². The van der Waals surface area contributed by atoms with E-state index in [0.717, 1.165) is 29.0 Å². The number of aliphatic hydroxyl groups excluding tert-OH is 1. The Kier molecular flexibility index (Phi) is 5.39. The third-order valence-electron chi connectivity index (χ3n) is 3.77. The van der Waals surface area contributed by atoms with Gasteiger partial charge in [-0.25, -0.2) is 0 Å². The van der Waals surface area contributed by atoms with E-state index in [1.54, 1.807) is 6.07 Å². The van der Waals surface area contributed by atoms with Crippen LogP contribution in [-0.4, -0.2) is 24.9 Å². The molecule has 1 unspecified atom stereocenters. The van der Waals surface area contributed by atoms with Crippen molar-refractivity contribution in [2.75, 3.05) is 19.8 Å². The van der Waals surface area contributed by atoms with Crippen LogP contribution >= 0.6 is 11.6 Å². The van der Waals surface area contributed by atoms with E-state index in [4.69, 9.17) is 21.1 Å². The molecule has 0 amide bonds. The number of aliphatic hydroxyl groups is 1. The second-order valence-electron chi connectivity index (χ2n) is 5.46. The molecule has 2 N–H and O–H groups in total. The third-order valence-corrected chi connectivity index (χ3v) is 4.11. The molecular formula is C18H20ClNO3. The maximum Gasteiger partial charge on any atom is 0.165 e. The molecule has 2 aromatic carbocycles. The standard InChI is InChI=1S/C18H20ClNO3/c19-15-7-2-1-6-14(15)16(21)12-20-11-13-5-3-8-17-18(13)23-10-4-9-22-17/h1-3,5-8,16,20-21H,4,9-12H2. The predicted octanol–water partition coefficient (Wildman–Crippen LogP) is 3.32. The molecule has 23 heavy (non-hydrogen) atoms. The minimum absolute atomic E-state index is 0.411. The summed E-state index contributed by atoms with van der Waals surface area (Å²) in [5.74, 6) is 1.58. The van der Waals surface area contributed by atoms with Crippen molar-refractivity contribution in [2.45, 2.75) is 19.1 Å². The average molecular weight is 334 g/mol. The topological polar surface area (TPSA) is 50.7 Å². The number of nitrogens with one attached hydrogen (secondary N) is 1. The van der Waals surface area contributed by atoms with Crippen LogP contribution in [-0.2, 0) is 6.54 Å². The Labute approximate surface area is 141 Å². The fraction of sp³-hybridized carbons (Fsp3) is 0.333. The van der Waals surface area contributed by atoms with Crippen molar-refractivity contribution in [3.63, 3.8) is 0 Å². The van der Waals surface area contributed by atoms with Crippen molar-refractivity contribution in [1.29, 1.82) is 0 Å². The number of ether oxygens (including phenoxy) is 2. The van der Waals surface area contributed by atoms with Gasteiger partial charge in [0.05, 0.1) is 19.3 Å². The first kappa shape index (κ1) is 16.1. The Morgan fingerprint density at radius 2 is 1.91 bits per heavy atom. The lowest BCUT2D eigenvalue weighted by atomic mass is 10.1. The molecule has 0 fully saturated rings. The molecule has 3 rings (SSSR count). The van der Waals surface area contributed by atoms with Crippen molar-refractivity contribution >= 4 is 11.6 Å². The SMILES string of the molecule is OC(CNCc1cccc2c1OCCCO2)c1ccccc1Cl. The Balaban J connectivity index is 1.62. The van der Waals surface area contributed by atoms with Gasteiger partial charge in [0.2, 0.25) is 0 Å². The monoisotopic (exact) mass is 333 g/mol. The lowest BCUT2D eigenvalue weighted by molar-refractivity contribution is 0.174. The van der Waals surface area contributed by atoms with Crippen molar-refractivity contribution in [1.82, 2.24) is 5.32 Å². The number of hydrogen-bond acceptors (Lipinski definition) is 4. The first-order chi connectivity index (χ1) is 11.3. The highest BCUT2D eigenvalue weighted by Gasteiger charge is 2.15. The van der Waals surface area contributed by atoms with Crippen LogP contribution in [0.5, 0.6) is 11.5 Å². The normalized spacial score (nSPS) is 15.0. The molecule has 0 aromatic heterocycles. The van der Waals surface area contributed by atoms with Crippen molar-refractivity contribution in [2.24, 2.45) is 0 Å². The highest BCUT2D eigenvalue weighted by molar-refractivity contribution is 6.31. The average Bonchev–Trinajstić information content (AvgIpc) is 2.81. The van der Waals surface area contributed by atoms with Gasteiger partial charge in [0, 0.05) is 35.7 Å². The highest BCUT2D eigenvalue weighted by atomic mass is 35.5. The van der Waals surface area contributed by atoms with E-state index in [2.05, 4.69) is 5.32 Å². The second-order valence-corrected chi connectivity index (χ2v) is 5.87. The zero-order valence-electron chi connectivity index (χ0n) is 12.8. The first-order valence-electron chi connectivity index (χ1n) is 7.76. The van der Waals surface area contributed by atoms with E-state index in [1.807, 2.05) is 36.4 Å². The molecule has 1 aliphatic rings. The first-order valence-corrected chi connectivity index (χ1v) is 8.14. The predicted molar refractivity (Wildman–Crippen MR) is 90.2 cm³/mol. The van der Waals surface area contributed by atoms with Crippen LogP contribution in [0.4, 0.5) is 0 Å². The Morgan fingerprint density at radius 1 is 1.09 bits per heavy atom. The summed E-state index contributed by atoms with van der Waals surface area (Å²) in [4.78, 5) is 0. The molecule has 0 saturated heterocycles. The molecule has 1 aliphatic heterocycles. The molecule has 5 heteroatoms. The van der Waals surface area contributed by atoms with Gasteiger partial charge in [-0.15, -0.1) is 0 Å². The summed E-state index contributed by atoms with van der Waals surface area (Å²) in [7, 11) is 0. The summed E-state index contributed by atoms with van der Waals surface area (Å²) in [6, 6.07) is 13.2. The van der Waals surface area contributed by atoms with Crippen LogP contribution in [0, 0.1) is 0 Å². The number of rotatable bonds is 5. The molecule has 1 heterocycles. The highest BCUT2D eigenvalue weighted by Crippen LogP contribution is 2.33. The summed E-state index contributed by atoms with van der Waals surface area (Å²) >= 11 is 6.10. The Bertz CT molecular complexity index is 662. The van der Waals surface area contributed by atoms with Gasteiger partial charge in [0.15, 0.2) is 11.5 Å². The van der Waals surface area contributed by atoms with E-state index in [-0.39, 0.29) is 0 Å². The van der Waals surface area contributed by atoms with Crippen molar-refractivity contribution < 1.29 is 14.6 Å². The van der Waals surface area contributed by atoms with Crippen molar-refractivity contribution in [3.8, 4) is 11.5 Å². The lowest BCUT2D eigenvalue weighted by Gasteiger charge is -2.16. The summed E-state index contributed by atoms with van der Waals surface area (Å²) in [5.41, 5.74) is 1.75. The summed E-state index contributed by atoms with van der Waals surface area (Å²) in [6.45, 7) is 2.34. The van der Waals surface area contributed by atoms with Crippen molar-refractivity contribution in [3.05, 3.63) is 58.6 Å². The molecule has 0 spiro atoms. The molecule has 0 aliphatic carbocycles. The maximum atomic E-state index is 10.3. The zero-order valence-corrected chi connectivity index (χ0v) is 13.6. The molecule has 0 saturated carbocycles. The quantitative estimate of drug-likeness (QED) is 0.881. The largest absolute Gasteiger partial charge is 0.490 e. The van der Waals surface area contributed by atoms with Crippen LogP contribution in [0.2, 0.25) is 5.02 Å². The number of halogens is 1. The van der Waals surface area contributed by atoms with E-state index in [1.165, 1.54) is 0 Å². The minimum Gasteiger partial charge on any atom is -0.490 e. The van der Waals surface area contributed by atoms with E-state index < -0.39 is 6.10 Å². The number of benzene rings is 2. The smallest absolute Gasteiger partial charge is 0.165 e. The third kappa shape index (κ3) is 3.96. The minimum atomic E-state index is -0.650. The van der Waals surface area contributed by atoms with Crippen LogP contribution in [0.3, 0.4) is 0 Å². The molecule has 122 valence electrons. The molecular weight excluding hydrogens is 314 g/mol. The molecule has 0 radical (unpaired) electrons. The van der Waals surface area contributed by atoms with E-state index in [9.17, 15) is 5.11 Å². The maximum absolute atomic E-state index is 10.3. The number of hydrogen-bond donors (Lipinski definition) is 2. The molecule has 1 atom stereocenters. The fourth-order valence-electron chi connectivity index (χ4n) is 2.59. The Hall–Kier alpha value is -1.75. The summed E-state index contributed by atoms with van der Waals surface area (Å²) < 4.78 is 11.5. The fourth-order valence-corrected chi connectivity index (χ4v) is 2.85. The zero-order chi connectivity index (χ0) is 16.1. The van der Waals surface area contributed by atoms with Gasteiger partial charge in [-0.3, -0.25) is 0 Å². The number of fused-ring (bicyclic) bond motifs is 1. The summed E-state index contributed by atoms with van der Waals surface area (Å²) in [6.07, 6.45) is 0.232. The van der Waals surface area contributed by atoms with Gasteiger partial charge in [-0.1, -0.05) is 41.9 Å². The molecule has 2 aromatic rings. The van der Waals surface area contributed by atoms with Crippen LogP contribution in [0.15, 0.2) is 42.5 Å². The Morgan fingerprint density at radius 3 is 2.78 bits per heavy atom. The van der Waals surface area contributed by atoms with Crippen LogP contribution < -0.4 is 14.8 Å². The lowest BCUT2D eigenvalue weighted by Crippen LogP contribution is -2.21. The van der Waals surface area contributed by atoms with Gasteiger partial charge < -0.3 is 19.9 Å². The van der Waals surface area contributed by atoms with Gasteiger partial charge in [0.1, 0.15) is 0 Å². The number of para-hydroxylation sites is 1.